The first-order valence-electron chi connectivity index (χ1n) is 11.2. The van der Waals surface area contributed by atoms with Gasteiger partial charge in [0.25, 0.3) is 0 Å². The van der Waals surface area contributed by atoms with Gasteiger partial charge in [-0.15, -0.1) is 10.2 Å². The van der Waals surface area contributed by atoms with Crippen LogP contribution in [0, 0.1) is 0 Å². The number of rotatable bonds is 7. The number of benzene rings is 1. The summed E-state index contributed by atoms with van der Waals surface area (Å²) in [5.41, 5.74) is 1.43. The van der Waals surface area contributed by atoms with Crippen LogP contribution in [0.4, 0.5) is 0 Å². The van der Waals surface area contributed by atoms with Crippen molar-refractivity contribution in [1.82, 2.24) is 33.5 Å². The Labute approximate surface area is 194 Å². The normalized spacial score (nSPS) is 14.5. The quantitative estimate of drug-likeness (QED) is 0.517. The van der Waals surface area contributed by atoms with Crippen LogP contribution in [0.1, 0.15) is 43.2 Å². The van der Waals surface area contributed by atoms with E-state index in [1.165, 1.54) is 24.8 Å². The van der Waals surface area contributed by atoms with Gasteiger partial charge in [-0.1, -0.05) is 6.42 Å². The Hall–Kier alpha value is -2.79. The van der Waals surface area contributed by atoms with E-state index in [9.17, 15) is 13.2 Å². The SMILES string of the molecule is CN(Cc1nnc2n1CCCCC2)C(=O)CCc1nc2cc(S(=O)(=O)N(C)C)ccc2n1C. The van der Waals surface area contributed by atoms with Crippen molar-refractivity contribution in [2.45, 2.75) is 56.5 Å². The summed E-state index contributed by atoms with van der Waals surface area (Å²) in [6.07, 6.45) is 5.14. The highest BCUT2D eigenvalue weighted by Gasteiger charge is 2.21. The first-order chi connectivity index (χ1) is 15.7. The molecule has 3 heterocycles. The van der Waals surface area contributed by atoms with Crippen LogP contribution < -0.4 is 0 Å². The molecule has 0 unspecified atom stereocenters. The molecule has 0 fully saturated rings. The zero-order chi connectivity index (χ0) is 23.8. The summed E-state index contributed by atoms with van der Waals surface area (Å²) in [5, 5.41) is 8.62. The van der Waals surface area contributed by atoms with Crippen molar-refractivity contribution < 1.29 is 13.2 Å². The molecule has 0 atom stereocenters. The molecule has 0 bridgehead atoms. The average Bonchev–Trinajstić information content (AvgIpc) is 3.20. The van der Waals surface area contributed by atoms with Crippen LogP contribution in [-0.2, 0) is 47.8 Å². The van der Waals surface area contributed by atoms with Crippen molar-refractivity contribution in [1.29, 1.82) is 0 Å². The van der Waals surface area contributed by atoms with Crippen molar-refractivity contribution in [3.8, 4) is 0 Å². The Morgan fingerprint density at radius 3 is 2.64 bits per heavy atom. The van der Waals surface area contributed by atoms with E-state index in [0.717, 1.165) is 48.8 Å². The molecule has 0 aliphatic carbocycles. The van der Waals surface area contributed by atoms with Gasteiger partial charge in [0.15, 0.2) is 5.82 Å². The van der Waals surface area contributed by atoms with Crippen LogP contribution in [0.3, 0.4) is 0 Å². The highest BCUT2D eigenvalue weighted by molar-refractivity contribution is 7.89. The van der Waals surface area contributed by atoms with Gasteiger partial charge in [-0.2, -0.15) is 0 Å². The molecule has 2 aromatic heterocycles. The van der Waals surface area contributed by atoms with E-state index >= 15 is 0 Å². The van der Waals surface area contributed by atoms with E-state index < -0.39 is 10.0 Å². The topological polar surface area (TPSA) is 106 Å². The number of fused-ring (bicyclic) bond motifs is 2. The van der Waals surface area contributed by atoms with Crippen LogP contribution in [0.25, 0.3) is 11.0 Å². The smallest absolute Gasteiger partial charge is 0.242 e. The number of imidazole rings is 1. The number of amides is 1. The maximum atomic E-state index is 12.8. The fourth-order valence-corrected chi connectivity index (χ4v) is 5.12. The minimum absolute atomic E-state index is 0.00361. The number of carbonyl (C=O) groups excluding carboxylic acids is 1. The fraction of sp³-hybridized carbons (Fsp3) is 0.545. The predicted octanol–water partition coefficient (Wildman–Crippen LogP) is 1.73. The van der Waals surface area contributed by atoms with Gasteiger partial charge in [-0.05, 0) is 31.0 Å². The third-order valence-corrected chi connectivity index (χ3v) is 8.09. The molecular weight excluding hydrogens is 442 g/mol. The summed E-state index contributed by atoms with van der Waals surface area (Å²) in [7, 11) is 3.14. The van der Waals surface area contributed by atoms with Crippen molar-refractivity contribution >= 4 is 27.0 Å². The van der Waals surface area contributed by atoms with Gasteiger partial charge in [0.1, 0.15) is 11.6 Å². The van der Waals surface area contributed by atoms with Gasteiger partial charge >= 0.3 is 0 Å². The first-order valence-corrected chi connectivity index (χ1v) is 12.7. The van der Waals surface area contributed by atoms with E-state index in [0.29, 0.717) is 24.9 Å². The van der Waals surface area contributed by atoms with Gasteiger partial charge in [0, 0.05) is 54.0 Å². The average molecular weight is 474 g/mol. The summed E-state index contributed by atoms with van der Waals surface area (Å²) in [4.78, 5) is 19.3. The molecule has 1 amide bonds. The zero-order valence-electron chi connectivity index (χ0n) is 19.7. The summed E-state index contributed by atoms with van der Waals surface area (Å²) >= 11 is 0. The maximum Gasteiger partial charge on any atom is 0.242 e. The van der Waals surface area contributed by atoms with E-state index in [2.05, 4.69) is 19.7 Å². The zero-order valence-corrected chi connectivity index (χ0v) is 20.5. The van der Waals surface area contributed by atoms with Gasteiger partial charge < -0.3 is 14.0 Å². The second kappa shape index (κ2) is 9.22. The van der Waals surface area contributed by atoms with E-state index in [1.54, 1.807) is 30.1 Å². The molecule has 0 saturated heterocycles. The second-order valence-electron chi connectivity index (χ2n) is 8.77. The third-order valence-electron chi connectivity index (χ3n) is 6.28. The van der Waals surface area contributed by atoms with Gasteiger partial charge in [-0.25, -0.2) is 17.7 Å². The minimum Gasteiger partial charge on any atom is -0.338 e. The fourth-order valence-electron chi connectivity index (χ4n) is 4.20. The monoisotopic (exact) mass is 473 g/mol. The van der Waals surface area contributed by atoms with Gasteiger partial charge in [-0.3, -0.25) is 4.79 Å². The molecule has 1 aliphatic rings. The summed E-state index contributed by atoms with van der Waals surface area (Å²) in [6.45, 7) is 1.34. The molecule has 3 aromatic rings. The summed E-state index contributed by atoms with van der Waals surface area (Å²) in [6, 6.07) is 4.93. The highest BCUT2D eigenvalue weighted by atomic mass is 32.2. The van der Waals surface area contributed by atoms with Gasteiger partial charge in [0.2, 0.25) is 15.9 Å². The Morgan fingerprint density at radius 2 is 1.88 bits per heavy atom. The van der Waals surface area contributed by atoms with Crippen molar-refractivity contribution in [3.05, 3.63) is 35.7 Å². The molecule has 0 radical (unpaired) electrons. The lowest BCUT2D eigenvalue weighted by atomic mass is 10.2. The molecule has 178 valence electrons. The Bertz CT molecular complexity index is 1280. The number of aryl methyl sites for hydroxylation is 3. The molecule has 33 heavy (non-hydrogen) atoms. The molecule has 1 aliphatic heterocycles. The van der Waals surface area contributed by atoms with Crippen molar-refractivity contribution in [2.75, 3.05) is 21.1 Å². The lowest BCUT2D eigenvalue weighted by molar-refractivity contribution is -0.130. The lowest BCUT2D eigenvalue weighted by Crippen LogP contribution is -2.28. The number of sulfonamides is 1. The number of nitrogens with zero attached hydrogens (tertiary/aromatic N) is 7. The van der Waals surface area contributed by atoms with E-state index in [4.69, 9.17) is 0 Å². The lowest BCUT2D eigenvalue weighted by Gasteiger charge is -2.17. The molecule has 11 heteroatoms. The third kappa shape index (κ3) is 4.65. The Kier molecular flexibility index (Phi) is 6.53. The van der Waals surface area contributed by atoms with E-state index in [1.807, 2.05) is 11.6 Å². The van der Waals surface area contributed by atoms with Crippen LogP contribution in [0.5, 0.6) is 0 Å². The van der Waals surface area contributed by atoms with Crippen LogP contribution in [0.15, 0.2) is 23.1 Å². The first kappa shape index (κ1) is 23.4. The summed E-state index contributed by atoms with van der Waals surface area (Å²) < 4.78 is 30.1. The molecule has 10 nitrogen and oxygen atoms in total. The molecule has 0 spiro atoms. The molecule has 0 saturated carbocycles. The predicted molar refractivity (Wildman–Crippen MR) is 124 cm³/mol. The largest absolute Gasteiger partial charge is 0.338 e. The summed E-state index contributed by atoms with van der Waals surface area (Å²) in [5.74, 6) is 2.59. The standard InChI is InChI=1S/C22H31N7O3S/c1-26(2)33(31,32)16-9-10-18-17(14-16)23-19(28(18)4)11-12-22(30)27(3)15-21-25-24-20-8-6-5-7-13-29(20)21/h9-10,14H,5-8,11-13,15H2,1-4H3. The maximum absolute atomic E-state index is 12.8. The van der Waals surface area contributed by atoms with Gasteiger partial charge in [0.05, 0.1) is 22.5 Å². The van der Waals surface area contributed by atoms with E-state index in [-0.39, 0.29) is 10.8 Å². The highest BCUT2D eigenvalue weighted by Crippen LogP contribution is 2.22. The number of hydrogen-bond acceptors (Lipinski definition) is 6. The van der Waals surface area contributed by atoms with Crippen molar-refractivity contribution in [2.24, 2.45) is 7.05 Å². The Morgan fingerprint density at radius 1 is 1.09 bits per heavy atom. The molecule has 1 aromatic carbocycles. The number of aromatic nitrogens is 5. The molecule has 4 rings (SSSR count). The van der Waals surface area contributed by atoms with Crippen LogP contribution in [-0.4, -0.2) is 69.0 Å². The number of carbonyl (C=O) groups is 1. The van der Waals surface area contributed by atoms with Crippen molar-refractivity contribution in [3.63, 3.8) is 0 Å². The second-order valence-corrected chi connectivity index (χ2v) is 10.9. The number of hydrogen-bond donors (Lipinski definition) is 0. The molecule has 0 N–H and O–H groups in total. The van der Waals surface area contributed by atoms with Crippen LogP contribution in [0.2, 0.25) is 0 Å². The Balaban J connectivity index is 1.44. The van der Waals surface area contributed by atoms with Crippen LogP contribution >= 0.6 is 0 Å². The molecular formula is C22H31N7O3S. The minimum atomic E-state index is -3.53.